The first-order valence-electron chi connectivity index (χ1n) is 8.89. The van der Waals surface area contributed by atoms with Crippen LogP contribution in [0.4, 0.5) is 0 Å². The summed E-state index contributed by atoms with van der Waals surface area (Å²) in [6.45, 7) is 4.38. The van der Waals surface area contributed by atoms with Crippen LogP contribution in [0.25, 0.3) is 17.0 Å². The lowest BCUT2D eigenvalue weighted by Gasteiger charge is -2.10. The zero-order chi connectivity index (χ0) is 20.1. The van der Waals surface area contributed by atoms with Gasteiger partial charge in [-0.25, -0.2) is 0 Å². The number of fused-ring (bicyclic) bond motifs is 1. The number of carbonyl (C=O) groups excluding carboxylic acids is 1. The van der Waals surface area contributed by atoms with Crippen molar-refractivity contribution in [1.82, 2.24) is 25.1 Å². The molecule has 2 aromatic heterocycles. The van der Waals surface area contributed by atoms with Crippen molar-refractivity contribution in [2.24, 2.45) is 5.92 Å². The molecule has 1 amide bonds. The van der Waals surface area contributed by atoms with Crippen molar-refractivity contribution in [3.8, 4) is 28.8 Å². The third-order valence-electron chi connectivity index (χ3n) is 4.06. The summed E-state index contributed by atoms with van der Waals surface area (Å²) in [5.41, 5.74) is 1.27. The van der Waals surface area contributed by atoms with Gasteiger partial charge in [-0.15, -0.1) is 15.3 Å². The second-order valence-corrected chi connectivity index (χ2v) is 6.33. The first kappa shape index (κ1) is 19.4. The molecular weight excluding hydrogens is 362 g/mol. The van der Waals surface area contributed by atoms with Gasteiger partial charge in [0.1, 0.15) is 18.1 Å². The van der Waals surface area contributed by atoms with Crippen LogP contribution in [0.1, 0.15) is 13.8 Å². The number of amides is 1. The third-order valence-corrected chi connectivity index (χ3v) is 4.06. The van der Waals surface area contributed by atoms with Gasteiger partial charge < -0.3 is 19.5 Å². The van der Waals surface area contributed by atoms with Gasteiger partial charge in [-0.05, 0) is 24.3 Å². The lowest BCUT2D eigenvalue weighted by Crippen LogP contribution is -2.31. The van der Waals surface area contributed by atoms with E-state index in [2.05, 4.69) is 20.6 Å². The fourth-order valence-electron chi connectivity index (χ4n) is 2.54. The number of nitrogens with one attached hydrogen (secondary N) is 1. The molecule has 0 spiro atoms. The minimum absolute atomic E-state index is 0.0155. The standard InChI is InChI=1S/C19H23N5O4/c1-12(2)19(25)20-9-10-28-17-8-7-16-21-22-18(24(16)23-17)14-11-13(26-3)5-6-15(14)27-4/h5-8,11-12H,9-10H2,1-4H3,(H,20,25). The molecule has 28 heavy (non-hydrogen) atoms. The summed E-state index contributed by atoms with van der Waals surface area (Å²) < 4.78 is 18.0. The van der Waals surface area contributed by atoms with Crippen molar-refractivity contribution in [3.63, 3.8) is 0 Å². The van der Waals surface area contributed by atoms with Gasteiger partial charge in [-0.3, -0.25) is 4.79 Å². The van der Waals surface area contributed by atoms with E-state index in [0.29, 0.717) is 47.6 Å². The zero-order valence-corrected chi connectivity index (χ0v) is 16.3. The maximum Gasteiger partial charge on any atom is 0.231 e. The molecule has 0 saturated heterocycles. The Morgan fingerprint density at radius 2 is 1.96 bits per heavy atom. The Bertz CT molecular complexity index is 970. The van der Waals surface area contributed by atoms with Crippen LogP contribution in [0.15, 0.2) is 30.3 Å². The molecule has 0 aliphatic carbocycles. The molecule has 0 atom stereocenters. The quantitative estimate of drug-likeness (QED) is 0.592. The van der Waals surface area contributed by atoms with E-state index in [9.17, 15) is 4.79 Å². The molecule has 0 unspecified atom stereocenters. The highest BCUT2D eigenvalue weighted by Gasteiger charge is 2.16. The highest BCUT2D eigenvalue weighted by atomic mass is 16.5. The van der Waals surface area contributed by atoms with Crippen LogP contribution in [0.2, 0.25) is 0 Å². The molecule has 0 fully saturated rings. The summed E-state index contributed by atoms with van der Waals surface area (Å²) in [5, 5.41) is 15.6. The van der Waals surface area contributed by atoms with Gasteiger partial charge in [-0.1, -0.05) is 13.8 Å². The Morgan fingerprint density at radius 1 is 1.14 bits per heavy atom. The van der Waals surface area contributed by atoms with Crippen molar-refractivity contribution in [2.75, 3.05) is 27.4 Å². The Balaban J connectivity index is 1.82. The van der Waals surface area contributed by atoms with Crippen molar-refractivity contribution in [2.45, 2.75) is 13.8 Å². The fraction of sp³-hybridized carbons (Fsp3) is 0.368. The largest absolute Gasteiger partial charge is 0.497 e. The summed E-state index contributed by atoms with van der Waals surface area (Å²) >= 11 is 0. The van der Waals surface area contributed by atoms with Crippen LogP contribution in [-0.4, -0.2) is 53.1 Å². The molecular formula is C19H23N5O4. The van der Waals surface area contributed by atoms with E-state index in [1.165, 1.54) is 0 Å². The first-order valence-corrected chi connectivity index (χ1v) is 8.89. The molecule has 0 radical (unpaired) electrons. The van der Waals surface area contributed by atoms with E-state index in [0.717, 1.165) is 0 Å². The highest BCUT2D eigenvalue weighted by molar-refractivity contribution is 5.77. The first-order chi connectivity index (χ1) is 13.5. The predicted molar refractivity (Wildman–Crippen MR) is 103 cm³/mol. The van der Waals surface area contributed by atoms with Crippen LogP contribution in [0.3, 0.4) is 0 Å². The summed E-state index contributed by atoms with van der Waals surface area (Å²) in [4.78, 5) is 11.6. The molecule has 2 heterocycles. The summed E-state index contributed by atoms with van der Waals surface area (Å²) in [7, 11) is 3.18. The molecule has 0 bridgehead atoms. The normalized spacial score (nSPS) is 10.9. The number of carbonyl (C=O) groups is 1. The number of methoxy groups -OCH3 is 2. The molecule has 1 aromatic carbocycles. The van der Waals surface area contributed by atoms with E-state index in [1.807, 2.05) is 19.9 Å². The van der Waals surface area contributed by atoms with Crippen molar-refractivity contribution >= 4 is 11.6 Å². The Hall–Kier alpha value is -3.36. The summed E-state index contributed by atoms with van der Waals surface area (Å²) in [6.07, 6.45) is 0. The van der Waals surface area contributed by atoms with Gasteiger partial charge in [-0.2, -0.15) is 4.52 Å². The lowest BCUT2D eigenvalue weighted by molar-refractivity contribution is -0.124. The van der Waals surface area contributed by atoms with E-state index in [4.69, 9.17) is 14.2 Å². The molecule has 0 aliphatic rings. The van der Waals surface area contributed by atoms with Gasteiger partial charge in [0.25, 0.3) is 0 Å². The maximum absolute atomic E-state index is 11.6. The number of nitrogens with zero attached hydrogens (tertiary/aromatic N) is 4. The summed E-state index contributed by atoms with van der Waals surface area (Å²) in [6, 6.07) is 8.89. The number of benzene rings is 1. The second kappa shape index (κ2) is 8.55. The average Bonchev–Trinajstić information content (AvgIpc) is 3.13. The van der Waals surface area contributed by atoms with Crippen LogP contribution in [-0.2, 0) is 4.79 Å². The maximum atomic E-state index is 11.6. The van der Waals surface area contributed by atoms with Crippen LogP contribution in [0, 0.1) is 5.92 Å². The van der Waals surface area contributed by atoms with Gasteiger partial charge in [0.15, 0.2) is 11.5 Å². The third kappa shape index (κ3) is 4.13. The number of aromatic nitrogens is 4. The van der Waals surface area contributed by atoms with E-state index >= 15 is 0 Å². The number of rotatable bonds is 8. The lowest BCUT2D eigenvalue weighted by atomic mass is 10.2. The predicted octanol–water partition coefficient (Wildman–Crippen LogP) is 1.96. The van der Waals surface area contributed by atoms with Crippen molar-refractivity contribution in [3.05, 3.63) is 30.3 Å². The number of hydrogen-bond donors (Lipinski definition) is 1. The fourth-order valence-corrected chi connectivity index (χ4v) is 2.54. The van der Waals surface area contributed by atoms with Gasteiger partial charge in [0.05, 0.1) is 26.3 Å². The molecule has 0 aliphatic heterocycles. The van der Waals surface area contributed by atoms with Crippen molar-refractivity contribution in [1.29, 1.82) is 0 Å². The SMILES string of the molecule is COc1ccc(OC)c(-c2nnc3ccc(OCCNC(=O)C(C)C)nn23)c1. The van der Waals surface area contributed by atoms with E-state index < -0.39 is 0 Å². The molecule has 3 aromatic rings. The average molecular weight is 385 g/mol. The molecule has 9 nitrogen and oxygen atoms in total. The number of hydrogen-bond acceptors (Lipinski definition) is 7. The van der Waals surface area contributed by atoms with Crippen LogP contribution < -0.4 is 19.5 Å². The van der Waals surface area contributed by atoms with Crippen LogP contribution >= 0.6 is 0 Å². The molecule has 1 N–H and O–H groups in total. The smallest absolute Gasteiger partial charge is 0.231 e. The van der Waals surface area contributed by atoms with Gasteiger partial charge >= 0.3 is 0 Å². The van der Waals surface area contributed by atoms with Crippen LogP contribution in [0.5, 0.6) is 17.4 Å². The van der Waals surface area contributed by atoms with Gasteiger partial charge in [0, 0.05) is 12.0 Å². The van der Waals surface area contributed by atoms with E-state index in [1.54, 1.807) is 43.0 Å². The second-order valence-electron chi connectivity index (χ2n) is 6.33. The summed E-state index contributed by atoms with van der Waals surface area (Å²) in [5.74, 6) is 2.11. The Morgan fingerprint density at radius 3 is 2.68 bits per heavy atom. The zero-order valence-electron chi connectivity index (χ0n) is 16.3. The van der Waals surface area contributed by atoms with Gasteiger partial charge in [0.2, 0.25) is 11.8 Å². The molecule has 3 rings (SSSR count). The monoisotopic (exact) mass is 385 g/mol. The molecule has 0 saturated carbocycles. The minimum Gasteiger partial charge on any atom is -0.497 e. The topological polar surface area (TPSA) is 99.9 Å². The highest BCUT2D eigenvalue weighted by Crippen LogP contribution is 2.32. The molecule has 9 heteroatoms. The Kier molecular flexibility index (Phi) is 5.93. The van der Waals surface area contributed by atoms with E-state index in [-0.39, 0.29) is 11.8 Å². The molecule has 148 valence electrons. The minimum atomic E-state index is -0.0631. The Labute approximate surface area is 162 Å². The number of ether oxygens (including phenoxy) is 3. The van der Waals surface area contributed by atoms with Crippen molar-refractivity contribution < 1.29 is 19.0 Å².